The Morgan fingerprint density at radius 2 is 1.67 bits per heavy atom. The number of nitrogens with one attached hydrogen (secondary N) is 1. The Morgan fingerprint density at radius 1 is 1.00 bits per heavy atom. The van der Waals surface area contributed by atoms with E-state index >= 15 is 0 Å². The Morgan fingerprint density at radius 3 is 2.38 bits per heavy atom. The topological polar surface area (TPSA) is 44.8 Å². The SMILES string of the molecule is Cc1ccccc1N1CCN(C(=O)NOCc2ccccc2)CC1. The van der Waals surface area contributed by atoms with Gasteiger partial charge in [0.1, 0.15) is 0 Å². The van der Waals surface area contributed by atoms with Crippen LogP contribution < -0.4 is 10.4 Å². The van der Waals surface area contributed by atoms with Gasteiger partial charge in [0, 0.05) is 31.9 Å². The van der Waals surface area contributed by atoms with Crippen molar-refractivity contribution in [3.05, 3.63) is 65.7 Å². The molecule has 1 aliphatic heterocycles. The Hall–Kier alpha value is -2.53. The van der Waals surface area contributed by atoms with Gasteiger partial charge in [0.05, 0.1) is 6.61 Å². The molecule has 1 fully saturated rings. The van der Waals surface area contributed by atoms with Gasteiger partial charge in [-0.25, -0.2) is 10.3 Å². The molecule has 5 nitrogen and oxygen atoms in total. The van der Waals surface area contributed by atoms with Gasteiger partial charge in [0.15, 0.2) is 0 Å². The van der Waals surface area contributed by atoms with Crippen LogP contribution in [0.15, 0.2) is 54.6 Å². The first-order valence-electron chi connectivity index (χ1n) is 8.25. The van der Waals surface area contributed by atoms with Crippen molar-refractivity contribution in [1.82, 2.24) is 10.4 Å². The molecule has 0 saturated carbocycles. The lowest BCUT2D eigenvalue weighted by Crippen LogP contribution is -2.51. The summed E-state index contributed by atoms with van der Waals surface area (Å²) in [5.41, 5.74) is 6.08. The number of carbonyl (C=O) groups is 1. The van der Waals surface area contributed by atoms with E-state index in [4.69, 9.17) is 4.84 Å². The molecule has 0 unspecified atom stereocenters. The van der Waals surface area contributed by atoms with E-state index in [1.165, 1.54) is 11.3 Å². The molecule has 1 saturated heterocycles. The molecule has 0 atom stereocenters. The summed E-state index contributed by atoms with van der Waals surface area (Å²) in [6, 6.07) is 18.0. The predicted octanol–water partition coefficient (Wildman–Crippen LogP) is 2.96. The molecular formula is C19H23N3O2. The van der Waals surface area contributed by atoms with Crippen molar-refractivity contribution in [3.8, 4) is 0 Å². The van der Waals surface area contributed by atoms with Crippen LogP contribution in [0, 0.1) is 6.92 Å². The molecule has 2 aromatic carbocycles. The standard InChI is InChI=1S/C19H23N3O2/c1-16-7-5-6-10-18(16)21-11-13-22(14-12-21)19(23)20-24-15-17-8-3-2-4-9-17/h2-10H,11-15H2,1H3,(H,20,23). The fourth-order valence-corrected chi connectivity index (χ4v) is 2.89. The molecule has 0 spiro atoms. The highest BCUT2D eigenvalue weighted by Crippen LogP contribution is 2.20. The Bertz CT molecular complexity index is 667. The number of para-hydroxylation sites is 1. The first-order valence-corrected chi connectivity index (χ1v) is 8.25. The summed E-state index contributed by atoms with van der Waals surface area (Å²) in [6.07, 6.45) is 0. The average Bonchev–Trinajstić information content (AvgIpc) is 2.63. The van der Waals surface area contributed by atoms with Crippen LogP contribution in [-0.4, -0.2) is 37.1 Å². The largest absolute Gasteiger partial charge is 0.368 e. The van der Waals surface area contributed by atoms with Crippen molar-refractivity contribution in [1.29, 1.82) is 0 Å². The summed E-state index contributed by atoms with van der Waals surface area (Å²) in [5, 5.41) is 0. The van der Waals surface area contributed by atoms with Crippen molar-refractivity contribution in [2.45, 2.75) is 13.5 Å². The van der Waals surface area contributed by atoms with Gasteiger partial charge in [-0.05, 0) is 24.1 Å². The maximum absolute atomic E-state index is 12.2. The van der Waals surface area contributed by atoms with E-state index in [0.717, 1.165) is 18.7 Å². The number of hydrogen-bond donors (Lipinski definition) is 1. The average molecular weight is 325 g/mol. The lowest BCUT2D eigenvalue weighted by atomic mass is 10.1. The molecular weight excluding hydrogens is 302 g/mol. The van der Waals surface area contributed by atoms with Crippen molar-refractivity contribution in [2.75, 3.05) is 31.1 Å². The fraction of sp³-hybridized carbons (Fsp3) is 0.316. The van der Waals surface area contributed by atoms with Crippen LogP contribution in [0.2, 0.25) is 0 Å². The predicted molar refractivity (Wildman–Crippen MR) is 94.7 cm³/mol. The van der Waals surface area contributed by atoms with Crippen LogP contribution in [0.3, 0.4) is 0 Å². The van der Waals surface area contributed by atoms with Gasteiger partial charge in [-0.3, -0.25) is 4.84 Å². The highest BCUT2D eigenvalue weighted by Gasteiger charge is 2.21. The Kier molecular flexibility index (Phi) is 5.33. The monoisotopic (exact) mass is 325 g/mol. The molecule has 24 heavy (non-hydrogen) atoms. The summed E-state index contributed by atoms with van der Waals surface area (Å²) in [5.74, 6) is 0. The molecule has 1 aliphatic rings. The van der Waals surface area contributed by atoms with Crippen LogP contribution in [0.25, 0.3) is 0 Å². The summed E-state index contributed by atoms with van der Waals surface area (Å²) in [6.45, 7) is 5.53. The van der Waals surface area contributed by atoms with Gasteiger partial charge in [-0.15, -0.1) is 0 Å². The second-order valence-electron chi connectivity index (χ2n) is 5.94. The zero-order chi connectivity index (χ0) is 16.8. The second kappa shape index (κ2) is 7.84. The molecule has 0 radical (unpaired) electrons. The van der Waals surface area contributed by atoms with E-state index in [1.807, 2.05) is 36.4 Å². The zero-order valence-electron chi connectivity index (χ0n) is 13.9. The lowest BCUT2D eigenvalue weighted by molar-refractivity contribution is 0.0359. The van der Waals surface area contributed by atoms with Gasteiger partial charge in [-0.2, -0.15) is 0 Å². The number of urea groups is 1. The van der Waals surface area contributed by atoms with Gasteiger partial charge in [0.25, 0.3) is 0 Å². The van der Waals surface area contributed by atoms with E-state index in [0.29, 0.717) is 19.7 Å². The quantitative estimate of drug-likeness (QED) is 0.879. The molecule has 2 amide bonds. The van der Waals surface area contributed by atoms with E-state index in [2.05, 4.69) is 35.5 Å². The minimum atomic E-state index is -0.171. The van der Waals surface area contributed by atoms with Gasteiger partial charge in [-0.1, -0.05) is 48.5 Å². The molecule has 1 heterocycles. The molecule has 5 heteroatoms. The number of piperazine rings is 1. The molecule has 1 N–H and O–H groups in total. The number of nitrogens with zero attached hydrogens (tertiary/aromatic N) is 2. The van der Waals surface area contributed by atoms with Crippen molar-refractivity contribution < 1.29 is 9.63 Å². The summed E-state index contributed by atoms with van der Waals surface area (Å²) >= 11 is 0. The summed E-state index contributed by atoms with van der Waals surface area (Å²) < 4.78 is 0. The first-order chi connectivity index (χ1) is 11.7. The summed E-state index contributed by atoms with van der Waals surface area (Å²) in [4.78, 5) is 21.6. The van der Waals surface area contributed by atoms with Gasteiger partial charge in [0.2, 0.25) is 0 Å². The van der Waals surface area contributed by atoms with Crippen molar-refractivity contribution in [2.24, 2.45) is 0 Å². The number of hydroxylamine groups is 1. The lowest BCUT2D eigenvalue weighted by Gasteiger charge is -2.36. The molecule has 2 aromatic rings. The molecule has 0 aliphatic carbocycles. The maximum atomic E-state index is 12.2. The fourth-order valence-electron chi connectivity index (χ4n) is 2.89. The number of amides is 2. The molecule has 0 bridgehead atoms. The Labute approximate surface area is 142 Å². The smallest absolute Gasteiger partial charge is 0.341 e. The number of anilines is 1. The number of hydrogen-bond acceptors (Lipinski definition) is 3. The van der Waals surface area contributed by atoms with E-state index < -0.39 is 0 Å². The minimum absolute atomic E-state index is 0.171. The van der Waals surface area contributed by atoms with Crippen LogP contribution in [0.5, 0.6) is 0 Å². The second-order valence-corrected chi connectivity index (χ2v) is 5.94. The summed E-state index contributed by atoms with van der Waals surface area (Å²) in [7, 11) is 0. The van der Waals surface area contributed by atoms with Crippen molar-refractivity contribution >= 4 is 11.7 Å². The van der Waals surface area contributed by atoms with E-state index in [-0.39, 0.29) is 6.03 Å². The minimum Gasteiger partial charge on any atom is -0.368 e. The molecule has 126 valence electrons. The maximum Gasteiger partial charge on any atom is 0.341 e. The van der Waals surface area contributed by atoms with E-state index in [9.17, 15) is 4.79 Å². The van der Waals surface area contributed by atoms with E-state index in [1.54, 1.807) is 4.90 Å². The third-order valence-corrected chi connectivity index (χ3v) is 4.26. The molecule has 3 rings (SSSR count). The van der Waals surface area contributed by atoms with Crippen LogP contribution >= 0.6 is 0 Å². The third kappa shape index (κ3) is 4.06. The van der Waals surface area contributed by atoms with Gasteiger partial charge < -0.3 is 9.80 Å². The van der Waals surface area contributed by atoms with Gasteiger partial charge >= 0.3 is 6.03 Å². The third-order valence-electron chi connectivity index (χ3n) is 4.26. The van der Waals surface area contributed by atoms with Crippen LogP contribution in [0.4, 0.5) is 10.5 Å². The number of aryl methyl sites for hydroxylation is 1. The normalized spacial score (nSPS) is 14.5. The highest BCUT2D eigenvalue weighted by molar-refractivity contribution is 5.73. The number of rotatable bonds is 4. The van der Waals surface area contributed by atoms with Crippen molar-refractivity contribution in [3.63, 3.8) is 0 Å². The van der Waals surface area contributed by atoms with Crippen LogP contribution in [0.1, 0.15) is 11.1 Å². The first kappa shape index (κ1) is 16.3. The number of carbonyl (C=O) groups excluding carboxylic acids is 1. The molecule has 0 aromatic heterocycles. The highest BCUT2D eigenvalue weighted by atomic mass is 16.7. The Balaban J connectivity index is 1.44. The van der Waals surface area contributed by atoms with Crippen LogP contribution in [-0.2, 0) is 11.4 Å². The number of benzene rings is 2. The zero-order valence-corrected chi connectivity index (χ0v) is 13.9.